The van der Waals surface area contributed by atoms with Crippen LogP contribution in [0, 0.1) is 0 Å². The first kappa shape index (κ1) is 17.7. The van der Waals surface area contributed by atoms with E-state index in [4.69, 9.17) is 5.73 Å². The molecule has 1 saturated heterocycles. The van der Waals surface area contributed by atoms with Crippen LogP contribution >= 0.6 is 0 Å². The monoisotopic (exact) mass is 389 g/mol. The molecule has 8 nitrogen and oxygen atoms in total. The molecule has 5 rings (SSSR count). The molecule has 0 aliphatic carbocycles. The summed E-state index contributed by atoms with van der Waals surface area (Å²) in [5, 5.41) is 11.5. The number of nitrogens with two attached hydrogens (primary N) is 1. The first-order valence-electron chi connectivity index (χ1n) is 9.83. The van der Waals surface area contributed by atoms with Crippen molar-refractivity contribution >= 4 is 39.3 Å². The van der Waals surface area contributed by atoms with E-state index in [1.54, 1.807) is 24.4 Å². The molecule has 148 valence electrons. The number of aromatic nitrogens is 4. The number of carbonyl (C=O) groups excluding carboxylic acids is 1. The number of hydrogen-bond donors (Lipinski definition) is 4. The largest absolute Gasteiger partial charge is 0.382 e. The maximum Gasteiger partial charge on any atom is 0.256 e. The van der Waals surface area contributed by atoms with Crippen molar-refractivity contribution in [1.29, 1.82) is 0 Å². The van der Waals surface area contributed by atoms with Gasteiger partial charge in [0.15, 0.2) is 5.82 Å². The van der Waals surface area contributed by atoms with Crippen molar-refractivity contribution in [3.63, 3.8) is 0 Å². The summed E-state index contributed by atoms with van der Waals surface area (Å²) in [4.78, 5) is 23.0. The van der Waals surface area contributed by atoms with Crippen molar-refractivity contribution in [3.05, 3.63) is 47.8 Å². The van der Waals surface area contributed by atoms with E-state index in [2.05, 4.69) is 43.4 Å². The number of aromatic amines is 2. The quantitative estimate of drug-likeness (QED) is 0.428. The predicted molar refractivity (Wildman–Crippen MR) is 114 cm³/mol. The van der Waals surface area contributed by atoms with Crippen LogP contribution in [0.4, 0.5) is 11.6 Å². The van der Waals surface area contributed by atoms with Gasteiger partial charge in [0.2, 0.25) is 0 Å². The van der Waals surface area contributed by atoms with E-state index in [0.717, 1.165) is 34.9 Å². The first-order chi connectivity index (χ1) is 14.1. The van der Waals surface area contributed by atoms with E-state index >= 15 is 0 Å². The Hall–Kier alpha value is -3.39. The molecule has 0 bridgehead atoms. The molecular formula is C21H23N7O. The fraction of sp³-hybridized carbons (Fsp3) is 0.286. The summed E-state index contributed by atoms with van der Waals surface area (Å²) in [6.45, 7) is 4.33. The number of fused-ring (bicyclic) bond motifs is 2. The molecule has 1 aromatic carbocycles. The number of anilines is 2. The summed E-state index contributed by atoms with van der Waals surface area (Å²) in [5.74, 6) is 0.698. The molecule has 0 spiro atoms. The molecule has 0 radical (unpaired) electrons. The first-order valence-corrected chi connectivity index (χ1v) is 9.83. The van der Waals surface area contributed by atoms with Crippen LogP contribution in [0.3, 0.4) is 0 Å². The van der Waals surface area contributed by atoms with Crippen molar-refractivity contribution in [1.82, 2.24) is 25.1 Å². The maximum absolute atomic E-state index is 12.6. The molecule has 1 aliphatic heterocycles. The van der Waals surface area contributed by atoms with E-state index in [0.29, 0.717) is 23.2 Å². The fourth-order valence-electron chi connectivity index (χ4n) is 4.06. The number of benzene rings is 1. The molecule has 1 aliphatic rings. The number of rotatable bonds is 4. The zero-order valence-corrected chi connectivity index (χ0v) is 16.2. The van der Waals surface area contributed by atoms with Crippen LogP contribution in [0.15, 0.2) is 36.5 Å². The van der Waals surface area contributed by atoms with E-state index in [9.17, 15) is 4.79 Å². The SMILES string of the molecule is C[C@H]1CCCN1Cc1cc2cnc(NC(=O)c3ccc4c(N)n[nH]c4c3)cc2[nH]1. The van der Waals surface area contributed by atoms with Crippen molar-refractivity contribution in [2.45, 2.75) is 32.4 Å². The maximum atomic E-state index is 12.6. The number of amides is 1. The molecule has 1 atom stereocenters. The second-order valence-corrected chi connectivity index (χ2v) is 7.74. The minimum atomic E-state index is -0.232. The lowest BCUT2D eigenvalue weighted by Gasteiger charge is -2.19. The summed E-state index contributed by atoms with van der Waals surface area (Å²) < 4.78 is 0. The number of nitrogen functional groups attached to an aromatic ring is 1. The van der Waals surface area contributed by atoms with Crippen LogP contribution in [0.1, 0.15) is 35.8 Å². The number of nitrogens with one attached hydrogen (secondary N) is 3. The third-order valence-corrected chi connectivity index (χ3v) is 5.72. The molecule has 29 heavy (non-hydrogen) atoms. The van der Waals surface area contributed by atoms with Gasteiger partial charge in [-0.2, -0.15) is 5.10 Å². The fourth-order valence-corrected chi connectivity index (χ4v) is 4.06. The Morgan fingerprint density at radius 1 is 1.31 bits per heavy atom. The Kier molecular flexibility index (Phi) is 4.21. The van der Waals surface area contributed by atoms with Gasteiger partial charge in [0, 0.05) is 46.9 Å². The molecule has 8 heteroatoms. The highest BCUT2D eigenvalue weighted by Gasteiger charge is 2.20. The minimum absolute atomic E-state index is 0.232. The molecule has 4 heterocycles. The Morgan fingerprint density at radius 3 is 3.03 bits per heavy atom. The van der Waals surface area contributed by atoms with Crippen molar-refractivity contribution in [2.24, 2.45) is 0 Å². The second-order valence-electron chi connectivity index (χ2n) is 7.74. The topological polar surface area (TPSA) is 116 Å². The Labute approximate surface area is 167 Å². The summed E-state index contributed by atoms with van der Waals surface area (Å²) >= 11 is 0. The van der Waals surface area contributed by atoms with Crippen molar-refractivity contribution in [2.75, 3.05) is 17.6 Å². The van der Waals surface area contributed by atoms with Crippen molar-refractivity contribution in [3.8, 4) is 0 Å². The number of carbonyl (C=O) groups is 1. The van der Waals surface area contributed by atoms with Crippen LogP contribution in [0.2, 0.25) is 0 Å². The molecule has 4 aromatic rings. The third-order valence-electron chi connectivity index (χ3n) is 5.72. The van der Waals surface area contributed by atoms with E-state index < -0.39 is 0 Å². The van der Waals surface area contributed by atoms with Crippen LogP contribution in [0.5, 0.6) is 0 Å². The van der Waals surface area contributed by atoms with Crippen LogP contribution in [-0.4, -0.2) is 43.6 Å². The van der Waals surface area contributed by atoms with Gasteiger partial charge >= 0.3 is 0 Å². The lowest BCUT2D eigenvalue weighted by molar-refractivity contribution is 0.102. The number of nitrogens with zero attached hydrogens (tertiary/aromatic N) is 3. The zero-order chi connectivity index (χ0) is 20.0. The lowest BCUT2D eigenvalue weighted by atomic mass is 10.1. The number of likely N-dealkylation sites (tertiary alicyclic amines) is 1. The van der Waals surface area contributed by atoms with Gasteiger partial charge in [-0.3, -0.25) is 14.8 Å². The van der Waals surface area contributed by atoms with Gasteiger partial charge in [-0.15, -0.1) is 0 Å². The molecular weight excluding hydrogens is 366 g/mol. The number of pyridine rings is 1. The lowest BCUT2D eigenvalue weighted by Crippen LogP contribution is -2.26. The minimum Gasteiger partial charge on any atom is -0.382 e. The predicted octanol–water partition coefficient (Wildman–Crippen LogP) is 3.26. The molecule has 3 aromatic heterocycles. The van der Waals surface area contributed by atoms with Gasteiger partial charge < -0.3 is 16.0 Å². The van der Waals surface area contributed by atoms with Gasteiger partial charge in [-0.25, -0.2) is 4.98 Å². The zero-order valence-electron chi connectivity index (χ0n) is 16.2. The molecule has 1 fully saturated rings. The van der Waals surface area contributed by atoms with Gasteiger partial charge in [-0.1, -0.05) is 0 Å². The van der Waals surface area contributed by atoms with E-state index in [1.807, 2.05) is 6.07 Å². The highest BCUT2D eigenvalue weighted by Crippen LogP contribution is 2.23. The van der Waals surface area contributed by atoms with Crippen LogP contribution in [-0.2, 0) is 6.54 Å². The third kappa shape index (κ3) is 3.31. The summed E-state index contributed by atoms with van der Waals surface area (Å²) in [6.07, 6.45) is 4.31. The van der Waals surface area contributed by atoms with Gasteiger partial charge in [0.05, 0.1) is 11.0 Å². The van der Waals surface area contributed by atoms with E-state index in [1.165, 1.54) is 18.5 Å². The molecule has 0 unspecified atom stereocenters. The summed E-state index contributed by atoms with van der Waals surface area (Å²) in [5.41, 5.74) is 9.15. The van der Waals surface area contributed by atoms with Crippen molar-refractivity contribution < 1.29 is 4.79 Å². The average Bonchev–Trinajstić information content (AvgIpc) is 3.41. The molecule has 1 amide bonds. The summed E-state index contributed by atoms with van der Waals surface area (Å²) in [7, 11) is 0. The number of hydrogen-bond acceptors (Lipinski definition) is 5. The standard InChI is InChI=1S/C21H23N7O/c1-12-3-2-6-28(12)11-15-7-14-10-23-19(9-17(14)24-15)25-21(29)13-4-5-16-18(8-13)26-27-20(16)22/h4-5,7-10,12,24H,2-3,6,11H2,1H3,(H3,22,26,27)(H,23,25,29)/t12-/m0/s1. The van der Waals surface area contributed by atoms with E-state index in [-0.39, 0.29) is 5.91 Å². The Morgan fingerprint density at radius 2 is 2.21 bits per heavy atom. The average molecular weight is 389 g/mol. The second kappa shape index (κ2) is 6.89. The summed E-state index contributed by atoms with van der Waals surface area (Å²) in [6, 6.07) is 9.88. The van der Waals surface area contributed by atoms with Crippen LogP contribution < -0.4 is 11.1 Å². The van der Waals surface area contributed by atoms with Crippen LogP contribution in [0.25, 0.3) is 21.8 Å². The Balaban J connectivity index is 1.34. The molecule has 5 N–H and O–H groups in total. The Bertz CT molecular complexity index is 1210. The van der Waals surface area contributed by atoms with Gasteiger partial charge in [0.25, 0.3) is 5.91 Å². The molecule has 0 saturated carbocycles. The highest BCUT2D eigenvalue weighted by molar-refractivity contribution is 6.06. The van der Waals surface area contributed by atoms with Gasteiger partial charge in [0.1, 0.15) is 5.82 Å². The normalized spacial score (nSPS) is 17.3. The highest BCUT2D eigenvalue weighted by atomic mass is 16.1. The smallest absolute Gasteiger partial charge is 0.256 e. The van der Waals surface area contributed by atoms with Gasteiger partial charge in [-0.05, 0) is 50.6 Å². The number of H-pyrrole nitrogens is 2.